The molecule has 0 unspecified atom stereocenters. The number of hydrogen-bond acceptors (Lipinski definition) is 5. The second kappa shape index (κ2) is 11.0. The van der Waals surface area contributed by atoms with Gasteiger partial charge in [-0.1, -0.05) is 32.1 Å². The lowest BCUT2D eigenvalue weighted by Crippen LogP contribution is -2.27. The average molecular weight is 414 g/mol. The van der Waals surface area contributed by atoms with Crippen LogP contribution in [-0.4, -0.2) is 30.8 Å². The van der Waals surface area contributed by atoms with Crippen molar-refractivity contribution >= 4 is 0 Å². The quantitative estimate of drug-likeness (QED) is 0.452. The Morgan fingerprint density at radius 3 is 2.27 bits per heavy atom. The van der Waals surface area contributed by atoms with Gasteiger partial charge in [0.15, 0.2) is 11.5 Å². The Morgan fingerprint density at radius 1 is 1.03 bits per heavy atom. The number of nitrogens with zero attached hydrogens (tertiary/aromatic N) is 1. The molecule has 2 aromatic rings. The van der Waals surface area contributed by atoms with E-state index in [1.165, 1.54) is 0 Å². The molecule has 0 radical (unpaired) electrons. The maximum Gasteiger partial charge on any atom is 0.161 e. The van der Waals surface area contributed by atoms with Gasteiger partial charge in [-0.3, -0.25) is 4.90 Å². The van der Waals surface area contributed by atoms with Gasteiger partial charge < -0.3 is 19.0 Å². The van der Waals surface area contributed by atoms with Crippen LogP contribution in [0, 0.1) is 5.92 Å². The fourth-order valence-corrected chi connectivity index (χ4v) is 3.63. The summed E-state index contributed by atoms with van der Waals surface area (Å²) in [5, 5.41) is 10.9. The van der Waals surface area contributed by atoms with Crippen LogP contribution in [0.5, 0.6) is 11.5 Å². The Bertz CT molecular complexity index is 814. The van der Waals surface area contributed by atoms with Crippen molar-refractivity contribution in [1.29, 1.82) is 0 Å². The summed E-state index contributed by atoms with van der Waals surface area (Å²) >= 11 is 0. The summed E-state index contributed by atoms with van der Waals surface area (Å²) < 4.78 is 16.8. The minimum absolute atomic E-state index is 0.410. The molecule has 0 saturated heterocycles. The molecule has 0 saturated carbocycles. The van der Waals surface area contributed by atoms with Gasteiger partial charge in [0, 0.05) is 25.9 Å². The summed E-state index contributed by atoms with van der Waals surface area (Å²) in [5.41, 5.74) is 0.0310. The van der Waals surface area contributed by atoms with E-state index in [9.17, 15) is 5.11 Å². The van der Waals surface area contributed by atoms with Gasteiger partial charge in [-0.15, -0.1) is 13.2 Å². The summed E-state index contributed by atoms with van der Waals surface area (Å²) in [6.07, 6.45) is 4.22. The number of rotatable bonds is 13. The minimum atomic E-state index is -1.10. The van der Waals surface area contributed by atoms with E-state index >= 15 is 0 Å². The van der Waals surface area contributed by atoms with Crippen LogP contribution in [0.15, 0.2) is 60.1 Å². The Balaban J connectivity index is 2.20. The fourth-order valence-electron chi connectivity index (χ4n) is 3.63. The third-order valence-corrected chi connectivity index (χ3v) is 4.94. The average Bonchev–Trinajstić information content (AvgIpc) is 3.17. The van der Waals surface area contributed by atoms with Crippen molar-refractivity contribution < 1.29 is 19.0 Å². The standard InChI is InChI=1S/C25H35NO4/c1-7-13-25(27,14-8-2)24-12-10-21(30-24)18-26(16-19(3)4)17-20-9-11-22(28-5)23(15-20)29-6/h7-12,15,19,27H,1-2,13-14,16-18H2,3-6H3. The highest BCUT2D eigenvalue weighted by Crippen LogP contribution is 2.32. The van der Waals surface area contributed by atoms with Crippen molar-refractivity contribution in [2.24, 2.45) is 5.92 Å². The number of benzene rings is 1. The molecule has 0 amide bonds. The minimum Gasteiger partial charge on any atom is -0.493 e. The summed E-state index contributed by atoms with van der Waals surface area (Å²) in [5.74, 6) is 3.30. The number of ether oxygens (including phenoxy) is 2. The molecule has 30 heavy (non-hydrogen) atoms. The lowest BCUT2D eigenvalue weighted by molar-refractivity contribution is 0.0186. The molecule has 1 N–H and O–H groups in total. The molecule has 0 aliphatic rings. The highest BCUT2D eigenvalue weighted by molar-refractivity contribution is 5.42. The normalized spacial score (nSPS) is 11.7. The van der Waals surface area contributed by atoms with E-state index < -0.39 is 5.60 Å². The van der Waals surface area contributed by atoms with Gasteiger partial charge in [0.25, 0.3) is 0 Å². The summed E-state index contributed by atoms with van der Waals surface area (Å²) in [6, 6.07) is 9.78. The van der Waals surface area contributed by atoms with E-state index in [0.29, 0.717) is 31.1 Å². The van der Waals surface area contributed by atoms with Gasteiger partial charge >= 0.3 is 0 Å². The first-order chi connectivity index (χ1) is 14.3. The maximum absolute atomic E-state index is 10.9. The Morgan fingerprint density at radius 2 is 1.70 bits per heavy atom. The van der Waals surface area contributed by atoms with Gasteiger partial charge in [-0.2, -0.15) is 0 Å². The predicted octanol–water partition coefficient (Wildman–Crippen LogP) is 5.29. The van der Waals surface area contributed by atoms with Crippen LogP contribution in [0.1, 0.15) is 43.8 Å². The molecular weight excluding hydrogens is 378 g/mol. The zero-order chi connectivity index (χ0) is 22.1. The van der Waals surface area contributed by atoms with E-state index in [0.717, 1.165) is 35.9 Å². The summed E-state index contributed by atoms with van der Waals surface area (Å²) in [7, 11) is 3.28. The van der Waals surface area contributed by atoms with Crippen LogP contribution in [0.25, 0.3) is 0 Å². The van der Waals surface area contributed by atoms with Crippen molar-refractivity contribution in [3.05, 3.63) is 72.7 Å². The number of aliphatic hydroxyl groups is 1. The third kappa shape index (κ3) is 6.25. The van der Waals surface area contributed by atoms with Gasteiger partial charge in [-0.05, 0) is 35.7 Å². The topological polar surface area (TPSA) is 55.1 Å². The highest BCUT2D eigenvalue weighted by atomic mass is 16.5. The van der Waals surface area contributed by atoms with Gasteiger partial charge in [0.1, 0.15) is 17.1 Å². The summed E-state index contributed by atoms with van der Waals surface area (Å²) in [4.78, 5) is 2.33. The molecule has 5 nitrogen and oxygen atoms in total. The van der Waals surface area contributed by atoms with Crippen molar-refractivity contribution in [2.75, 3.05) is 20.8 Å². The number of furan rings is 1. The second-order valence-electron chi connectivity index (χ2n) is 8.04. The van der Waals surface area contributed by atoms with Crippen LogP contribution in [-0.2, 0) is 18.7 Å². The number of hydrogen-bond donors (Lipinski definition) is 1. The fraction of sp³-hybridized carbons (Fsp3) is 0.440. The van der Waals surface area contributed by atoms with Crippen molar-refractivity contribution in [3.8, 4) is 11.5 Å². The Hall–Kier alpha value is -2.50. The van der Waals surface area contributed by atoms with Crippen LogP contribution < -0.4 is 9.47 Å². The van der Waals surface area contributed by atoms with Gasteiger partial charge in [-0.25, -0.2) is 0 Å². The highest BCUT2D eigenvalue weighted by Gasteiger charge is 2.30. The monoisotopic (exact) mass is 413 g/mol. The molecule has 1 heterocycles. The Kier molecular flexibility index (Phi) is 8.75. The maximum atomic E-state index is 10.9. The van der Waals surface area contributed by atoms with E-state index in [1.54, 1.807) is 26.4 Å². The molecule has 1 aromatic carbocycles. The molecule has 164 valence electrons. The molecular formula is C25H35NO4. The molecule has 5 heteroatoms. The molecule has 0 atom stereocenters. The van der Waals surface area contributed by atoms with E-state index in [1.807, 2.05) is 24.3 Å². The van der Waals surface area contributed by atoms with Crippen LogP contribution >= 0.6 is 0 Å². The van der Waals surface area contributed by atoms with Crippen molar-refractivity contribution in [2.45, 2.75) is 45.4 Å². The largest absolute Gasteiger partial charge is 0.493 e. The molecule has 0 aliphatic carbocycles. The van der Waals surface area contributed by atoms with Crippen LogP contribution in [0.2, 0.25) is 0 Å². The van der Waals surface area contributed by atoms with Crippen LogP contribution in [0.4, 0.5) is 0 Å². The number of methoxy groups -OCH3 is 2. The molecule has 1 aromatic heterocycles. The van der Waals surface area contributed by atoms with Crippen molar-refractivity contribution in [3.63, 3.8) is 0 Å². The molecule has 0 fully saturated rings. The molecule has 0 spiro atoms. The van der Waals surface area contributed by atoms with E-state index in [-0.39, 0.29) is 0 Å². The molecule has 2 rings (SSSR count). The second-order valence-corrected chi connectivity index (χ2v) is 8.04. The Labute approximate surface area is 180 Å². The SMILES string of the molecule is C=CCC(O)(CC=C)c1ccc(CN(Cc2ccc(OC)c(OC)c2)CC(C)C)o1. The lowest BCUT2D eigenvalue weighted by atomic mass is 9.93. The first-order valence-corrected chi connectivity index (χ1v) is 10.3. The smallest absolute Gasteiger partial charge is 0.161 e. The predicted molar refractivity (Wildman–Crippen MR) is 121 cm³/mol. The molecule has 0 bridgehead atoms. The lowest BCUT2D eigenvalue weighted by Gasteiger charge is -2.25. The zero-order valence-electron chi connectivity index (χ0n) is 18.7. The molecule has 0 aliphatic heterocycles. The van der Waals surface area contributed by atoms with Crippen molar-refractivity contribution in [1.82, 2.24) is 4.90 Å². The van der Waals surface area contributed by atoms with E-state index in [2.05, 4.69) is 38.0 Å². The van der Waals surface area contributed by atoms with Gasteiger partial charge in [0.2, 0.25) is 0 Å². The summed E-state index contributed by atoms with van der Waals surface area (Å²) in [6.45, 7) is 14.2. The van der Waals surface area contributed by atoms with Gasteiger partial charge in [0.05, 0.1) is 20.8 Å². The third-order valence-electron chi connectivity index (χ3n) is 4.94. The zero-order valence-corrected chi connectivity index (χ0v) is 18.7. The first kappa shape index (κ1) is 23.8. The van der Waals surface area contributed by atoms with Crippen LogP contribution in [0.3, 0.4) is 0 Å². The first-order valence-electron chi connectivity index (χ1n) is 10.3. The van der Waals surface area contributed by atoms with E-state index in [4.69, 9.17) is 13.9 Å².